The van der Waals surface area contributed by atoms with Gasteiger partial charge in [0.25, 0.3) is 0 Å². The Kier molecular flexibility index (Phi) is 4.08. The van der Waals surface area contributed by atoms with Gasteiger partial charge in [-0.1, -0.05) is 45.7 Å². The molecule has 0 fully saturated rings. The maximum Gasteiger partial charge on any atom is 0.0455 e. The summed E-state index contributed by atoms with van der Waals surface area (Å²) in [4.78, 5) is 0. The molecule has 0 saturated heterocycles. The Bertz CT molecular complexity index is 525. The average molecular weight is 311 g/mol. The summed E-state index contributed by atoms with van der Waals surface area (Å²) in [5, 5.41) is 4.15. The molecule has 0 atom stereocenters. The molecule has 0 spiro atoms. The highest BCUT2D eigenvalue weighted by molar-refractivity contribution is 9.10. The van der Waals surface area contributed by atoms with Gasteiger partial charge < -0.3 is 5.32 Å². The van der Waals surface area contributed by atoms with Crippen LogP contribution in [0.25, 0.3) is 0 Å². The maximum absolute atomic E-state index is 6.07. The third kappa shape index (κ3) is 3.48. The molecule has 2 rings (SSSR count). The van der Waals surface area contributed by atoms with Crippen molar-refractivity contribution in [2.45, 2.75) is 13.5 Å². The summed E-state index contributed by atoms with van der Waals surface area (Å²) in [5.74, 6) is 0. The minimum Gasteiger partial charge on any atom is -0.381 e. The van der Waals surface area contributed by atoms with Crippen molar-refractivity contribution in [2.75, 3.05) is 5.32 Å². The molecule has 2 aromatic rings. The molecule has 0 unspecified atom stereocenters. The highest BCUT2D eigenvalue weighted by Gasteiger charge is 1.98. The number of nitrogens with one attached hydrogen (secondary N) is 1. The number of halogens is 2. The van der Waals surface area contributed by atoms with Crippen LogP contribution in [-0.2, 0) is 6.54 Å². The lowest BCUT2D eigenvalue weighted by molar-refractivity contribution is 1.14. The van der Waals surface area contributed by atoms with E-state index in [4.69, 9.17) is 11.6 Å². The number of anilines is 1. The van der Waals surface area contributed by atoms with Gasteiger partial charge in [-0.3, -0.25) is 0 Å². The monoisotopic (exact) mass is 309 g/mol. The molecule has 0 aliphatic carbocycles. The van der Waals surface area contributed by atoms with E-state index in [-0.39, 0.29) is 0 Å². The first-order valence-corrected chi connectivity index (χ1v) is 6.57. The second-order valence-corrected chi connectivity index (χ2v) is 5.27. The molecule has 0 aliphatic heterocycles. The van der Waals surface area contributed by atoms with Crippen LogP contribution >= 0.6 is 27.5 Å². The predicted molar refractivity (Wildman–Crippen MR) is 77.7 cm³/mol. The van der Waals surface area contributed by atoms with Crippen LogP contribution in [-0.4, -0.2) is 0 Å². The zero-order valence-corrected chi connectivity index (χ0v) is 11.8. The van der Waals surface area contributed by atoms with Crippen LogP contribution in [0.3, 0.4) is 0 Å². The molecule has 1 nitrogen and oxygen atoms in total. The number of aryl methyl sites for hydroxylation is 1. The Morgan fingerprint density at radius 3 is 2.71 bits per heavy atom. The lowest BCUT2D eigenvalue weighted by Crippen LogP contribution is -1.99. The third-order valence-corrected chi connectivity index (χ3v) is 3.46. The van der Waals surface area contributed by atoms with Gasteiger partial charge in [-0.05, 0) is 42.3 Å². The average Bonchev–Trinajstić information content (AvgIpc) is 2.31. The lowest BCUT2D eigenvalue weighted by atomic mass is 10.2. The molecule has 0 heterocycles. The van der Waals surface area contributed by atoms with E-state index >= 15 is 0 Å². The number of rotatable bonds is 3. The molecule has 0 saturated carbocycles. The first-order chi connectivity index (χ1) is 8.15. The molecule has 1 N–H and O–H groups in total. The van der Waals surface area contributed by atoms with Crippen molar-refractivity contribution in [3.05, 3.63) is 63.1 Å². The van der Waals surface area contributed by atoms with E-state index in [0.717, 1.165) is 27.3 Å². The largest absolute Gasteiger partial charge is 0.381 e. The molecule has 88 valence electrons. The van der Waals surface area contributed by atoms with Gasteiger partial charge in [-0.2, -0.15) is 0 Å². The van der Waals surface area contributed by atoms with Gasteiger partial charge in [0, 0.05) is 21.7 Å². The van der Waals surface area contributed by atoms with Crippen molar-refractivity contribution in [1.82, 2.24) is 0 Å². The molecule has 0 amide bonds. The maximum atomic E-state index is 6.07. The number of hydrogen-bond donors (Lipinski definition) is 1. The van der Waals surface area contributed by atoms with Crippen molar-refractivity contribution in [1.29, 1.82) is 0 Å². The normalized spacial score (nSPS) is 10.3. The van der Waals surface area contributed by atoms with Gasteiger partial charge in [0.15, 0.2) is 0 Å². The zero-order valence-electron chi connectivity index (χ0n) is 9.50. The van der Waals surface area contributed by atoms with Gasteiger partial charge in [0.05, 0.1) is 0 Å². The smallest absolute Gasteiger partial charge is 0.0455 e. The topological polar surface area (TPSA) is 12.0 Å². The fourth-order valence-electron chi connectivity index (χ4n) is 1.55. The van der Waals surface area contributed by atoms with Gasteiger partial charge in [-0.25, -0.2) is 0 Å². The Labute approximate surface area is 115 Å². The fraction of sp³-hybridized carbons (Fsp3) is 0.143. The van der Waals surface area contributed by atoms with Crippen LogP contribution in [0.5, 0.6) is 0 Å². The minimum atomic E-state index is 0.791. The van der Waals surface area contributed by atoms with Crippen LogP contribution in [0.15, 0.2) is 46.9 Å². The first kappa shape index (κ1) is 12.5. The summed E-state index contributed by atoms with van der Waals surface area (Å²) in [7, 11) is 0. The van der Waals surface area contributed by atoms with E-state index in [0.29, 0.717) is 0 Å². The Balaban J connectivity index is 2.05. The van der Waals surface area contributed by atoms with Crippen molar-refractivity contribution in [3.8, 4) is 0 Å². The van der Waals surface area contributed by atoms with E-state index in [1.54, 1.807) is 0 Å². The molecular formula is C14H13BrClN. The van der Waals surface area contributed by atoms with Crippen molar-refractivity contribution in [3.63, 3.8) is 0 Å². The minimum absolute atomic E-state index is 0.791. The van der Waals surface area contributed by atoms with Crippen LogP contribution < -0.4 is 5.32 Å². The highest BCUT2D eigenvalue weighted by atomic mass is 79.9. The molecule has 0 radical (unpaired) electrons. The van der Waals surface area contributed by atoms with E-state index in [1.807, 2.05) is 37.3 Å². The number of benzene rings is 2. The summed E-state index contributed by atoms with van der Waals surface area (Å²) in [6, 6.07) is 14.3. The van der Waals surface area contributed by atoms with Crippen LogP contribution in [0, 0.1) is 6.92 Å². The second-order valence-electron chi connectivity index (χ2n) is 3.95. The number of hydrogen-bond acceptors (Lipinski definition) is 1. The van der Waals surface area contributed by atoms with Crippen molar-refractivity contribution in [2.24, 2.45) is 0 Å². The van der Waals surface area contributed by atoms with Gasteiger partial charge in [0.2, 0.25) is 0 Å². The second kappa shape index (κ2) is 5.56. The SMILES string of the molecule is Cc1ccc(NCc2cccc(Br)c2)cc1Cl. The molecule has 17 heavy (non-hydrogen) atoms. The molecule has 2 aromatic carbocycles. The van der Waals surface area contributed by atoms with Gasteiger partial charge in [0.1, 0.15) is 0 Å². The van der Waals surface area contributed by atoms with Crippen LogP contribution in [0.2, 0.25) is 5.02 Å². The molecule has 3 heteroatoms. The predicted octanol–water partition coefficient (Wildman–Crippen LogP) is 5.02. The van der Waals surface area contributed by atoms with Crippen LogP contribution in [0.4, 0.5) is 5.69 Å². The first-order valence-electron chi connectivity index (χ1n) is 5.39. The summed E-state index contributed by atoms with van der Waals surface area (Å²) in [6.45, 7) is 2.79. The standard InChI is InChI=1S/C14H13BrClN/c1-10-5-6-13(8-14(10)16)17-9-11-3-2-4-12(15)7-11/h2-8,17H,9H2,1H3. The quantitative estimate of drug-likeness (QED) is 0.839. The van der Waals surface area contributed by atoms with Crippen LogP contribution in [0.1, 0.15) is 11.1 Å². The summed E-state index contributed by atoms with van der Waals surface area (Å²) < 4.78 is 1.10. The van der Waals surface area contributed by atoms with E-state index < -0.39 is 0 Å². The summed E-state index contributed by atoms with van der Waals surface area (Å²) >= 11 is 9.53. The molecule has 0 aliphatic rings. The van der Waals surface area contributed by atoms with Gasteiger partial charge in [-0.15, -0.1) is 0 Å². The Morgan fingerprint density at radius 1 is 1.18 bits per heavy atom. The van der Waals surface area contributed by atoms with E-state index in [2.05, 4.69) is 33.4 Å². The van der Waals surface area contributed by atoms with E-state index in [1.165, 1.54) is 5.56 Å². The van der Waals surface area contributed by atoms with Crippen molar-refractivity contribution < 1.29 is 0 Å². The zero-order chi connectivity index (χ0) is 12.3. The molecule has 0 aromatic heterocycles. The molecule has 0 bridgehead atoms. The fourth-order valence-corrected chi connectivity index (χ4v) is 2.18. The third-order valence-electron chi connectivity index (χ3n) is 2.56. The highest BCUT2D eigenvalue weighted by Crippen LogP contribution is 2.20. The summed E-state index contributed by atoms with van der Waals surface area (Å²) in [6.07, 6.45) is 0. The Hall–Kier alpha value is -0.990. The van der Waals surface area contributed by atoms with Gasteiger partial charge >= 0.3 is 0 Å². The van der Waals surface area contributed by atoms with Crippen molar-refractivity contribution >= 4 is 33.2 Å². The molecular weight excluding hydrogens is 298 g/mol. The Morgan fingerprint density at radius 2 is 2.00 bits per heavy atom. The summed E-state index contributed by atoms with van der Waals surface area (Å²) in [5.41, 5.74) is 3.37. The van der Waals surface area contributed by atoms with E-state index in [9.17, 15) is 0 Å². The lowest BCUT2D eigenvalue weighted by Gasteiger charge is -2.08.